The lowest BCUT2D eigenvalue weighted by Gasteiger charge is -2.19. The van der Waals surface area contributed by atoms with Crippen LogP contribution in [0, 0.1) is 0 Å². The van der Waals surface area contributed by atoms with Crippen molar-refractivity contribution in [3.05, 3.63) is 84.4 Å². The average Bonchev–Trinajstić information content (AvgIpc) is 3.37. The number of aromatic nitrogens is 4. The van der Waals surface area contributed by atoms with Gasteiger partial charge in [0.15, 0.2) is 0 Å². The van der Waals surface area contributed by atoms with Crippen LogP contribution in [-0.2, 0) is 6.18 Å². The summed E-state index contributed by atoms with van der Waals surface area (Å²) in [6, 6.07) is 20.9. The molecule has 35 heavy (non-hydrogen) atoms. The Balaban J connectivity index is 1.85. The summed E-state index contributed by atoms with van der Waals surface area (Å²) in [5, 5.41) is 18.5. The maximum Gasteiger partial charge on any atom is 0.416 e. The zero-order chi connectivity index (χ0) is 24.6. The lowest BCUT2D eigenvalue weighted by molar-refractivity contribution is -0.137. The third-order valence-corrected chi connectivity index (χ3v) is 5.57. The van der Waals surface area contributed by atoms with Gasteiger partial charge in [-0.25, -0.2) is 4.79 Å². The van der Waals surface area contributed by atoms with E-state index in [1.54, 1.807) is 18.2 Å². The van der Waals surface area contributed by atoms with Gasteiger partial charge in [0.1, 0.15) is 0 Å². The van der Waals surface area contributed by atoms with Gasteiger partial charge in [-0.05, 0) is 56.9 Å². The van der Waals surface area contributed by atoms with Gasteiger partial charge >= 0.3 is 12.2 Å². The molecule has 5 rings (SSSR count). The number of carbonyl (C=O) groups excluding carboxylic acids is 1. The van der Waals surface area contributed by atoms with Crippen LogP contribution in [0.15, 0.2) is 78.9 Å². The first-order valence-corrected chi connectivity index (χ1v) is 10.5. The van der Waals surface area contributed by atoms with Crippen LogP contribution in [0.1, 0.15) is 5.56 Å². The van der Waals surface area contributed by atoms with Gasteiger partial charge in [0.2, 0.25) is 5.82 Å². The number of benzene rings is 4. The molecule has 7 nitrogen and oxygen atoms in total. The Morgan fingerprint density at radius 3 is 2.37 bits per heavy atom. The lowest BCUT2D eigenvalue weighted by atomic mass is 9.87. The SMILES string of the molecule is NC(=O)Nc1ccc(-c2ccc3ccccc3c2)c(-c2cccc(C(F)(F)F)c2)c1-c1nn[nH]n1. The fourth-order valence-electron chi connectivity index (χ4n) is 4.09. The molecule has 0 atom stereocenters. The largest absolute Gasteiger partial charge is 0.416 e. The maximum absolute atomic E-state index is 13.6. The minimum Gasteiger partial charge on any atom is -0.351 e. The van der Waals surface area contributed by atoms with Crippen LogP contribution in [0.2, 0.25) is 0 Å². The summed E-state index contributed by atoms with van der Waals surface area (Å²) < 4.78 is 40.8. The maximum atomic E-state index is 13.6. The number of alkyl halides is 3. The molecule has 0 aliphatic heterocycles. The summed E-state index contributed by atoms with van der Waals surface area (Å²) in [6.07, 6.45) is -4.55. The molecule has 1 heterocycles. The third-order valence-electron chi connectivity index (χ3n) is 5.57. The van der Waals surface area contributed by atoms with Crippen molar-refractivity contribution >= 4 is 22.5 Å². The predicted octanol–water partition coefficient (Wildman–Crippen LogP) is 5.86. The Morgan fingerprint density at radius 2 is 1.66 bits per heavy atom. The molecule has 0 radical (unpaired) electrons. The van der Waals surface area contributed by atoms with E-state index in [-0.39, 0.29) is 22.6 Å². The van der Waals surface area contributed by atoms with E-state index < -0.39 is 17.8 Å². The Kier molecular flexibility index (Phi) is 5.40. The second-order valence-corrected chi connectivity index (χ2v) is 7.78. The number of hydrogen-bond acceptors (Lipinski definition) is 4. The molecule has 0 fully saturated rings. The van der Waals surface area contributed by atoms with E-state index in [0.29, 0.717) is 11.1 Å². The molecule has 4 N–H and O–H groups in total. The van der Waals surface area contributed by atoms with E-state index >= 15 is 0 Å². The van der Waals surface area contributed by atoms with Gasteiger partial charge in [-0.3, -0.25) is 0 Å². The number of anilines is 1. The number of hydrogen-bond donors (Lipinski definition) is 3. The number of nitrogens with one attached hydrogen (secondary N) is 2. The highest BCUT2D eigenvalue weighted by Gasteiger charge is 2.31. The first-order valence-electron chi connectivity index (χ1n) is 10.5. The van der Waals surface area contributed by atoms with Crippen LogP contribution in [0.25, 0.3) is 44.4 Å². The summed E-state index contributed by atoms with van der Waals surface area (Å²) in [6.45, 7) is 0. The number of aromatic amines is 1. The van der Waals surface area contributed by atoms with Crippen molar-refractivity contribution in [1.29, 1.82) is 0 Å². The highest BCUT2D eigenvalue weighted by molar-refractivity contribution is 6.03. The molecule has 4 aromatic carbocycles. The van der Waals surface area contributed by atoms with E-state index in [1.165, 1.54) is 6.07 Å². The Bertz CT molecular complexity index is 1550. The molecule has 0 aliphatic rings. The van der Waals surface area contributed by atoms with Crippen LogP contribution in [-0.4, -0.2) is 26.7 Å². The van der Waals surface area contributed by atoms with Gasteiger partial charge in [-0.15, -0.1) is 10.2 Å². The first-order chi connectivity index (χ1) is 16.8. The molecule has 174 valence electrons. The van der Waals surface area contributed by atoms with E-state index in [4.69, 9.17) is 5.73 Å². The van der Waals surface area contributed by atoms with Crippen molar-refractivity contribution in [3.8, 4) is 33.6 Å². The number of amides is 2. The van der Waals surface area contributed by atoms with Gasteiger partial charge < -0.3 is 11.1 Å². The minimum absolute atomic E-state index is 0.0869. The second kappa shape index (κ2) is 8.56. The van der Waals surface area contributed by atoms with Crippen LogP contribution >= 0.6 is 0 Å². The summed E-state index contributed by atoms with van der Waals surface area (Å²) in [5.74, 6) is 0.0869. The number of H-pyrrole nitrogens is 1. The molecular weight excluding hydrogens is 457 g/mol. The van der Waals surface area contributed by atoms with Crippen LogP contribution in [0.4, 0.5) is 23.7 Å². The number of nitrogens with two attached hydrogens (primary N) is 1. The third kappa shape index (κ3) is 4.29. The molecule has 0 bridgehead atoms. The molecular formula is C25H17F3N6O. The highest BCUT2D eigenvalue weighted by atomic mass is 19.4. The average molecular weight is 474 g/mol. The van der Waals surface area contributed by atoms with Crippen LogP contribution < -0.4 is 11.1 Å². The number of primary amides is 1. The standard InChI is InChI=1S/C25H17F3N6O/c26-25(27,28)18-7-3-6-17(13-18)21-19(16-9-8-14-4-1-2-5-15(14)12-16)10-11-20(30-24(29)35)22(21)23-31-33-34-32-23/h1-13H,(H3,29,30,35)(H,31,32,33,34). The minimum atomic E-state index is -4.55. The lowest BCUT2D eigenvalue weighted by Crippen LogP contribution is -2.20. The molecule has 2 amide bonds. The molecule has 0 unspecified atom stereocenters. The van der Waals surface area contributed by atoms with Gasteiger partial charge in [-0.1, -0.05) is 54.6 Å². The molecule has 10 heteroatoms. The summed E-state index contributed by atoms with van der Waals surface area (Å²) in [4.78, 5) is 11.7. The number of nitrogens with zero attached hydrogens (tertiary/aromatic N) is 3. The number of urea groups is 1. The summed E-state index contributed by atoms with van der Waals surface area (Å²) >= 11 is 0. The first kappa shape index (κ1) is 22.1. The molecule has 0 aliphatic carbocycles. The van der Waals surface area contributed by atoms with E-state index in [2.05, 4.69) is 25.9 Å². The fraction of sp³-hybridized carbons (Fsp3) is 0.0400. The van der Waals surface area contributed by atoms with Crippen LogP contribution in [0.3, 0.4) is 0 Å². The Morgan fingerprint density at radius 1 is 0.857 bits per heavy atom. The Hall–Kier alpha value is -4.73. The van der Waals surface area contributed by atoms with Gasteiger partial charge in [0, 0.05) is 5.56 Å². The molecule has 1 aromatic heterocycles. The van der Waals surface area contributed by atoms with E-state index in [9.17, 15) is 18.0 Å². The fourth-order valence-corrected chi connectivity index (χ4v) is 4.09. The van der Waals surface area contributed by atoms with Crippen molar-refractivity contribution in [2.45, 2.75) is 6.18 Å². The summed E-state index contributed by atoms with van der Waals surface area (Å²) in [7, 11) is 0. The molecule has 0 spiro atoms. The monoisotopic (exact) mass is 474 g/mol. The second-order valence-electron chi connectivity index (χ2n) is 7.78. The number of fused-ring (bicyclic) bond motifs is 1. The van der Waals surface area contributed by atoms with Crippen molar-refractivity contribution in [2.75, 3.05) is 5.32 Å². The van der Waals surface area contributed by atoms with Crippen molar-refractivity contribution in [1.82, 2.24) is 20.6 Å². The van der Waals surface area contributed by atoms with Gasteiger partial charge in [0.05, 0.1) is 16.8 Å². The molecule has 0 saturated carbocycles. The van der Waals surface area contributed by atoms with Crippen molar-refractivity contribution in [2.24, 2.45) is 5.73 Å². The van der Waals surface area contributed by atoms with Crippen molar-refractivity contribution in [3.63, 3.8) is 0 Å². The van der Waals surface area contributed by atoms with E-state index in [1.807, 2.05) is 42.5 Å². The quantitative estimate of drug-likeness (QED) is 0.303. The number of carbonyl (C=O) groups is 1. The Labute approximate surface area is 196 Å². The number of halogens is 3. The number of tetrazole rings is 1. The zero-order valence-corrected chi connectivity index (χ0v) is 18.0. The predicted molar refractivity (Wildman–Crippen MR) is 126 cm³/mol. The smallest absolute Gasteiger partial charge is 0.351 e. The highest BCUT2D eigenvalue weighted by Crippen LogP contribution is 2.44. The van der Waals surface area contributed by atoms with E-state index in [0.717, 1.165) is 28.5 Å². The molecule has 0 saturated heterocycles. The van der Waals surface area contributed by atoms with Crippen molar-refractivity contribution < 1.29 is 18.0 Å². The normalized spacial score (nSPS) is 11.5. The molecule has 5 aromatic rings. The van der Waals surface area contributed by atoms with Gasteiger partial charge in [-0.2, -0.15) is 18.4 Å². The summed E-state index contributed by atoms with van der Waals surface area (Å²) in [5.41, 5.74) is 7.08. The van der Waals surface area contributed by atoms with Gasteiger partial charge in [0.25, 0.3) is 0 Å². The number of rotatable bonds is 4. The zero-order valence-electron chi connectivity index (χ0n) is 18.0. The topological polar surface area (TPSA) is 110 Å². The van der Waals surface area contributed by atoms with Crippen LogP contribution in [0.5, 0.6) is 0 Å².